The molecule has 132 valence electrons. The number of anilines is 2. The van der Waals surface area contributed by atoms with Crippen molar-refractivity contribution in [2.75, 3.05) is 23.8 Å². The van der Waals surface area contributed by atoms with E-state index in [1.807, 2.05) is 0 Å². The van der Waals surface area contributed by atoms with E-state index in [1.165, 1.54) is 6.08 Å². The Kier molecular flexibility index (Phi) is 5.04. The summed E-state index contributed by atoms with van der Waals surface area (Å²) in [5, 5.41) is 14.5. The summed E-state index contributed by atoms with van der Waals surface area (Å²) >= 11 is 0. The second-order valence-electron chi connectivity index (χ2n) is 5.47. The van der Waals surface area contributed by atoms with E-state index in [2.05, 4.69) is 15.6 Å². The van der Waals surface area contributed by atoms with Gasteiger partial charge in [0.25, 0.3) is 17.7 Å². The Bertz CT molecular complexity index is 863. The van der Waals surface area contributed by atoms with Gasteiger partial charge in [-0.2, -0.15) is 0 Å². The molecular formula is C18H16N4O4. The maximum atomic E-state index is 12.2. The van der Waals surface area contributed by atoms with Gasteiger partial charge >= 0.3 is 0 Å². The average molecular weight is 352 g/mol. The van der Waals surface area contributed by atoms with Crippen LogP contribution in [-0.2, 0) is 9.59 Å². The highest BCUT2D eigenvalue weighted by Gasteiger charge is 2.30. The molecule has 0 atom stereocenters. The lowest BCUT2D eigenvalue weighted by Gasteiger charge is -2.13. The van der Waals surface area contributed by atoms with Crippen molar-refractivity contribution in [1.82, 2.24) is 9.88 Å². The van der Waals surface area contributed by atoms with E-state index < -0.39 is 11.8 Å². The molecule has 1 aromatic carbocycles. The van der Waals surface area contributed by atoms with Crippen LogP contribution in [0.25, 0.3) is 0 Å². The molecule has 0 fully saturated rings. The predicted molar refractivity (Wildman–Crippen MR) is 94.1 cm³/mol. The molecule has 0 aliphatic carbocycles. The van der Waals surface area contributed by atoms with Crippen molar-refractivity contribution in [2.24, 2.45) is 0 Å². The standard InChI is InChI=1S/C18H16N4O4/c23-9-8-22-16(24)10-15(18(22)26)20-13-5-3-12(4-6-13)17(25)21-14-2-1-7-19-11-14/h1-7,10-11,20,23H,8-9H2,(H,21,25). The molecule has 0 bridgehead atoms. The summed E-state index contributed by atoms with van der Waals surface area (Å²) in [5.41, 5.74) is 1.70. The van der Waals surface area contributed by atoms with Gasteiger partial charge in [0.1, 0.15) is 5.70 Å². The van der Waals surface area contributed by atoms with Crippen molar-refractivity contribution in [3.8, 4) is 0 Å². The molecule has 3 amide bonds. The van der Waals surface area contributed by atoms with Crippen LogP contribution in [-0.4, -0.2) is 45.9 Å². The smallest absolute Gasteiger partial charge is 0.277 e. The first kappa shape index (κ1) is 17.3. The Morgan fingerprint density at radius 1 is 1.12 bits per heavy atom. The fourth-order valence-electron chi connectivity index (χ4n) is 2.41. The molecule has 2 aromatic rings. The van der Waals surface area contributed by atoms with Gasteiger partial charge in [0, 0.05) is 23.5 Å². The first-order valence-electron chi connectivity index (χ1n) is 7.85. The molecule has 3 N–H and O–H groups in total. The Morgan fingerprint density at radius 3 is 2.54 bits per heavy atom. The number of aromatic nitrogens is 1. The monoisotopic (exact) mass is 352 g/mol. The van der Waals surface area contributed by atoms with Gasteiger partial charge in [-0.3, -0.25) is 24.3 Å². The molecule has 0 radical (unpaired) electrons. The summed E-state index contributed by atoms with van der Waals surface area (Å²) in [6, 6.07) is 9.91. The highest BCUT2D eigenvalue weighted by Crippen LogP contribution is 2.18. The number of aliphatic hydroxyl groups excluding tert-OH is 1. The van der Waals surface area contributed by atoms with E-state index in [4.69, 9.17) is 5.11 Å². The van der Waals surface area contributed by atoms with E-state index in [-0.39, 0.29) is 24.8 Å². The third-order valence-corrected chi connectivity index (χ3v) is 3.68. The van der Waals surface area contributed by atoms with Crippen LogP contribution in [0, 0.1) is 0 Å². The normalized spacial score (nSPS) is 13.6. The quantitative estimate of drug-likeness (QED) is 0.669. The summed E-state index contributed by atoms with van der Waals surface area (Å²) in [7, 11) is 0. The van der Waals surface area contributed by atoms with Crippen LogP contribution in [0.15, 0.2) is 60.6 Å². The first-order chi connectivity index (χ1) is 12.6. The molecule has 26 heavy (non-hydrogen) atoms. The Morgan fingerprint density at radius 2 is 1.88 bits per heavy atom. The molecule has 0 saturated carbocycles. The van der Waals surface area contributed by atoms with Crippen molar-refractivity contribution in [2.45, 2.75) is 0 Å². The number of hydrogen-bond donors (Lipinski definition) is 3. The van der Waals surface area contributed by atoms with E-state index in [0.29, 0.717) is 16.9 Å². The van der Waals surface area contributed by atoms with E-state index >= 15 is 0 Å². The van der Waals surface area contributed by atoms with Gasteiger partial charge < -0.3 is 15.7 Å². The number of β-amino-alcohol motifs (C(OH)–C–C–N with tert-alkyl or cyclic N) is 1. The Hall–Kier alpha value is -3.52. The summed E-state index contributed by atoms with van der Waals surface area (Å²) in [6.45, 7) is -0.341. The SMILES string of the molecule is O=C(Nc1cccnc1)c1ccc(NC2=CC(=O)N(CCO)C2=O)cc1. The van der Waals surface area contributed by atoms with Crippen molar-refractivity contribution in [3.05, 3.63) is 66.1 Å². The van der Waals surface area contributed by atoms with Crippen molar-refractivity contribution < 1.29 is 19.5 Å². The molecule has 1 aliphatic rings. The van der Waals surface area contributed by atoms with E-state index in [1.54, 1.807) is 48.8 Å². The van der Waals surface area contributed by atoms with Crippen LogP contribution in [0.4, 0.5) is 11.4 Å². The van der Waals surface area contributed by atoms with Crippen molar-refractivity contribution >= 4 is 29.1 Å². The molecule has 0 saturated heterocycles. The summed E-state index contributed by atoms with van der Waals surface area (Å²) in [4.78, 5) is 40.9. The summed E-state index contributed by atoms with van der Waals surface area (Å²) in [6.07, 6.45) is 4.34. The zero-order valence-electron chi connectivity index (χ0n) is 13.7. The number of amides is 3. The van der Waals surface area contributed by atoms with Gasteiger partial charge in [-0.05, 0) is 36.4 Å². The maximum Gasteiger partial charge on any atom is 0.277 e. The number of aliphatic hydroxyl groups is 1. The average Bonchev–Trinajstić information content (AvgIpc) is 2.91. The zero-order valence-corrected chi connectivity index (χ0v) is 13.7. The van der Waals surface area contributed by atoms with Crippen LogP contribution < -0.4 is 10.6 Å². The lowest BCUT2D eigenvalue weighted by molar-refractivity contribution is -0.137. The van der Waals surface area contributed by atoms with Crippen LogP contribution in [0.1, 0.15) is 10.4 Å². The van der Waals surface area contributed by atoms with Gasteiger partial charge in [-0.15, -0.1) is 0 Å². The van der Waals surface area contributed by atoms with Crippen LogP contribution in [0.2, 0.25) is 0 Å². The lowest BCUT2D eigenvalue weighted by atomic mass is 10.2. The second-order valence-corrected chi connectivity index (χ2v) is 5.47. The zero-order chi connectivity index (χ0) is 18.5. The van der Waals surface area contributed by atoms with Crippen LogP contribution in [0.5, 0.6) is 0 Å². The van der Waals surface area contributed by atoms with Gasteiger partial charge in [0.2, 0.25) is 0 Å². The third-order valence-electron chi connectivity index (χ3n) is 3.68. The number of pyridine rings is 1. The highest BCUT2D eigenvalue weighted by atomic mass is 16.3. The highest BCUT2D eigenvalue weighted by molar-refractivity contribution is 6.17. The lowest BCUT2D eigenvalue weighted by Crippen LogP contribution is -2.34. The maximum absolute atomic E-state index is 12.2. The summed E-state index contributed by atoms with van der Waals surface area (Å²) in [5.74, 6) is -1.26. The minimum Gasteiger partial charge on any atom is -0.395 e. The van der Waals surface area contributed by atoms with Crippen LogP contribution >= 0.6 is 0 Å². The Balaban J connectivity index is 1.65. The molecule has 0 spiro atoms. The number of nitrogens with zero attached hydrogens (tertiary/aromatic N) is 2. The molecule has 2 heterocycles. The fraction of sp³-hybridized carbons (Fsp3) is 0.111. The molecular weight excluding hydrogens is 336 g/mol. The minimum absolute atomic E-state index is 0.0488. The second kappa shape index (κ2) is 7.58. The van der Waals surface area contributed by atoms with Gasteiger partial charge in [0.05, 0.1) is 25.0 Å². The molecule has 1 aliphatic heterocycles. The number of hydrogen-bond acceptors (Lipinski definition) is 6. The van der Waals surface area contributed by atoms with Crippen LogP contribution in [0.3, 0.4) is 0 Å². The number of rotatable bonds is 6. The molecule has 8 nitrogen and oxygen atoms in total. The minimum atomic E-state index is -0.498. The van der Waals surface area contributed by atoms with Gasteiger partial charge in [-0.1, -0.05) is 0 Å². The number of carbonyl (C=O) groups is 3. The van der Waals surface area contributed by atoms with E-state index in [9.17, 15) is 14.4 Å². The van der Waals surface area contributed by atoms with Crippen molar-refractivity contribution in [3.63, 3.8) is 0 Å². The summed E-state index contributed by atoms with van der Waals surface area (Å²) < 4.78 is 0. The largest absolute Gasteiger partial charge is 0.395 e. The molecule has 1 aromatic heterocycles. The molecule has 8 heteroatoms. The molecule has 3 rings (SSSR count). The first-order valence-corrected chi connectivity index (χ1v) is 7.85. The number of carbonyl (C=O) groups excluding carboxylic acids is 3. The fourth-order valence-corrected chi connectivity index (χ4v) is 2.41. The third kappa shape index (κ3) is 3.76. The Labute approximate surface area is 149 Å². The number of imide groups is 1. The number of nitrogens with one attached hydrogen (secondary N) is 2. The van der Waals surface area contributed by atoms with Crippen molar-refractivity contribution in [1.29, 1.82) is 0 Å². The molecule has 0 unspecified atom stereocenters. The number of benzene rings is 1. The van der Waals surface area contributed by atoms with Gasteiger partial charge in [-0.25, -0.2) is 0 Å². The van der Waals surface area contributed by atoms with Gasteiger partial charge in [0.15, 0.2) is 0 Å². The predicted octanol–water partition coefficient (Wildman–Crippen LogP) is 0.991. The van der Waals surface area contributed by atoms with E-state index in [0.717, 1.165) is 4.90 Å². The topological polar surface area (TPSA) is 112 Å².